The van der Waals surface area contributed by atoms with Crippen LogP contribution in [0, 0.1) is 11.8 Å². The molecule has 0 radical (unpaired) electrons. The number of rotatable bonds is 4. The van der Waals surface area contributed by atoms with Crippen molar-refractivity contribution in [1.29, 1.82) is 0 Å². The molecule has 134 valence electrons. The molecule has 2 N–H and O–H groups in total. The lowest BCUT2D eigenvalue weighted by Crippen LogP contribution is -2.61. The molecule has 3 fully saturated rings. The number of aryl methyl sites for hydroxylation is 1. The first-order chi connectivity index (χ1) is 12.4. The number of nitrogens with zero attached hydrogens (tertiary/aromatic N) is 2. The van der Waals surface area contributed by atoms with Crippen LogP contribution in [-0.2, 0) is 6.42 Å². The second-order valence-electron chi connectivity index (χ2n) is 8.42. The Bertz CT molecular complexity index is 689. The molecule has 3 aliphatic rings. The molecule has 4 heteroatoms. The van der Waals surface area contributed by atoms with Crippen LogP contribution in [0.3, 0.4) is 0 Å². The molecule has 4 heterocycles. The summed E-state index contributed by atoms with van der Waals surface area (Å²) in [4.78, 5) is 11.0. The average molecular weight is 338 g/mol. The highest BCUT2D eigenvalue weighted by Crippen LogP contribution is 2.38. The molecule has 1 aromatic carbocycles. The average Bonchev–Trinajstić information content (AvgIpc) is 3.06. The SMILES string of the molecule is c1ccc2[nH]c(CCCC3NCC4CC3CN3CCCCC43)nc2c1. The summed E-state index contributed by atoms with van der Waals surface area (Å²) in [7, 11) is 0. The van der Waals surface area contributed by atoms with Crippen molar-refractivity contribution in [3.63, 3.8) is 0 Å². The van der Waals surface area contributed by atoms with Crippen LogP contribution in [0.4, 0.5) is 0 Å². The van der Waals surface area contributed by atoms with E-state index in [1.54, 1.807) is 0 Å². The number of para-hydroxylation sites is 2. The Morgan fingerprint density at radius 3 is 3.08 bits per heavy atom. The number of aromatic nitrogens is 2. The number of fused-ring (bicyclic) bond motifs is 5. The van der Waals surface area contributed by atoms with Gasteiger partial charge < -0.3 is 10.3 Å². The molecule has 4 unspecified atom stereocenters. The van der Waals surface area contributed by atoms with Gasteiger partial charge in [-0.25, -0.2) is 4.98 Å². The number of aromatic amines is 1. The lowest BCUT2D eigenvalue weighted by Gasteiger charge is -2.52. The lowest BCUT2D eigenvalue weighted by atomic mass is 9.73. The van der Waals surface area contributed by atoms with Gasteiger partial charge in [-0.15, -0.1) is 0 Å². The Balaban J connectivity index is 1.18. The van der Waals surface area contributed by atoms with Gasteiger partial charge in [0.2, 0.25) is 0 Å². The van der Waals surface area contributed by atoms with Crippen molar-refractivity contribution in [2.75, 3.05) is 19.6 Å². The Hall–Kier alpha value is -1.39. The molecule has 5 rings (SSSR count). The van der Waals surface area contributed by atoms with Crippen molar-refractivity contribution in [3.8, 4) is 0 Å². The highest BCUT2D eigenvalue weighted by Gasteiger charge is 2.42. The molecule has 4 nitrogen and oxygen atoms in total. The van der Waals surface area contributed by atoms with Gasteiger partial charge in [0, 0.05) is 25.0 Å². The topological polar surface area (TPSA) is 44.0 Å². The summed E-state index contributed by atoms with van der Waals surface area (Å²) in [6.45, 7) is 3.93. The number of nitrogens with one attached hydrogen (secondary N) is 2. The summed E-state index contributed by atoms with van der Waals surface area (Å²) in [5.41, 5.74) is 2.26. The number of imidazole rings is 1. The van der Waals surface area contributed by atoms with E-state index < -0.39 is 0 Å². The van der Waals surface area contributed by atoms with E-state index in [2.05, 4.69) is 39.5 Å². The summed E-state index contributed by atoms with van der Waals surface area (Å²) in [6, 6.07) is 9.94. The maximum Gasteiger partial charge on any atom is 0.107 e. The van der Waals surface area contributed by atoms with Crippen molar-refractivity contribution >= 4 is 11.0 Å². The largest absolute Gasteiger partial charge is 0.342 e. The molecule has 2 aromatic rings. The highest BCUT2D eigenvalue weighted by atomic mass is 15.2. The fraction of sp³-hybridized carbons (Fsp3) is 0.667. The maximum absolute atomic E-state index is 4.73. The van der Waals surface area contributed by atoms with Gasteiger partial charge in [-0.1, -0.05) is 18.6 Å². The molecule has 0 saturated carbocycles. The summed E-state index contributed by atoms with van der Waals surface area (Å²) in [6.07, 6.45) is 9.34. The van der Waals surface area contributed by atoms with Gasteiger partial charge in [0.05, 0.1) is 11.0 Å². The smallest absolute Gasteiger partial charge is 0.107 e. The minimum Gasteiger partial charge on any atom is -0.342 e. The van der Waals surface area contributed by atoms with E-state index in [0.717, 1.165) is 35.6 Å². The van der Waals surface area contributed by atoms with Crippen molar-refractivity contribution in [2.24, 2.45) is 11.8 Å². The predicted octanol–water partition coefficient (Wildman–Crippen LogP) is 3.35. The Labute approximate surface area is 150 Å². The molecule has 0 aliphatic carbocycles. The molecular weight excluding hydrogens is 308 g/mol. The van der Waals surface area contributed by atoms with E-state index in [-0.39, 0.29) is 0 Å². The molecule has 4 atom stereocenters. The van der Waals surface area contributed by atoms with Gasteiger partial charge >= 0.3 is 0 Å². The van der Waals surface area contributed by atoms with E-state index in [4.69, 9.17) is 4.98 Å². The van der Waals surface area contributed by atoms with E-state index in [0.29, 0.717) is 6.04 Å². The molecule has 1 aromatic heterocycles. The first-order valence-electron chi connectivity index (χ1n) is 10.3. The van der Waals surface area contributed by atoms with Gasteiger partial charge in [-0.05, 0) is 69.2 Å². The quantitative estimate of drug-likeness (QED) is 0.898. The van der Waals surface area contributed by atoms with Crippen LogP contribution in [-0.4, -0.2) is 46.6 Å². The molecule has 25 heavy (non-hydrogen) atoms. The number of H-pyrrole nitrogens is 1. The van der Waals surface area contributed by atoms with Crippen LogP contribution in [0.15, 0.2) is 24.3 Å². The summed E-state index contributed by atoms with van der Waals surface area (Å²) < 4.78 is 0. The van der Waals surface area contributed by atoms with Crippen molar-refractivity contribution in [3.05, 3.63) is 30.1 Å². The zero-order valence-electron chi connectivity index (χ0n) is 15.1. The normalized spacial score (nSPS) is 32.6. The molecule has 2 bridgehead atoms. The molecule has 0 spiro atoms. The standard InChI is InChI=1S/C21H30N4/c1-2-7-19-18(6-1)23-21(24-19)10-5-8-17-16-12-15(13-22-17)20-9-3-4-11-25(20)14-16/h1-2,6-7,15-17,20,22H,3-5,8-14H2,(H,23,24). The van der Waals surface area contributed by atoms with Crippen LogP contribution in [0.2, 0.25) is 0 Å². The number of hydrogen-bond donors (Lipinski definition) is 2. The third-order valence-corrected chi connectivity index (χ3v) is 6.86. The second kappa shape index (κ2) is 6.73. The minimum absolute atomic E-state index is 0.712. The van der Waals surface area contributed by atoms with Crippen LogP contribution in [0.25, 0.3) is 11.0 Å². The van der Waals surface area contributed by atoms with E-state index in [9.17, 15) is 0 Å². The fourth-order valence-electron chi connectivity index (χ4n) is 5.63. The Kier molecular flexibility index (Phi) is 4.26. The minimum atomic E-state index is 0.712. The predicted molar refractivity (Wildman–Crippen MR) is 102 cm³/mol. The first-order valence-corrected chi connectivity index (χ1v) is 10.3. The van der Waals surface area contributed by atoms with Gasteiger partial charge in [0.25, 0.3) is 0 Å². The van der Waals surface area contributed by atoms with Crippen molar-refractivity contribution in [1.82, 2.24) is 20.2 Å². The van der Waals surface area contributed by atoms with Crippen LogP contribution in [0.5, 0.6) is 0 Å². The Morgan fingerprint density at radius 2 is 2.12 bits per heavy atom. The van der Waals surface area contributed by atoms with Crippen LogP contribution >= 0.6 is 0 Å². The van der Waals surface area contributed by atoms with Crippen LogP contribution < -0.4 is 5.32 Å². The van der Waals surface area contributed by atoms with Gasteiger partial charge in [0.15, 0.2) is 0 Å². The second-order valence-corrected chi connectivity index (χ2v) is 8.42. The first kappa shape index (κ1) is 15.8. The number of piperidine rings is 3. The number of benzene rings is 1. The van der Waals surface area contributed by atoms with Crippen molar-refractivity contribution in [2.45, 2.75) is 57.0 Å². The molecular formula is C21H30N4. The third-order valence-electron chi connectivity index (χ3n) is 6.86. The highest BCUT2D eigenvalue weighted by molar-refractivity contribution is 5.74. The zero-order chi connectivity index (χ0) is 16.6. The molecule has 3 aliphatic heterocycles. The summed E-state index contributed by atoms with van der Waals surface area (Å²) in [5.74, 6) is 2.92. The summed E-state index contributed by atoms with van der Waals surface area (Å²) >= 11 is 0. The fourth-order valence-corrected chi connectivity index (χ4v) is 5.63. The Morgan fingerprint density at radius 1 is 1.16 bits per heavy atom. The third kappa shape index (κ3) is 3.11. The van der Waals surface area contributed by atoms with Gasteiger partial charge in [0.1, 0.15) is 5.82 Å². The molecule has 0 amide bonds. The maximum atomic E-state index is 4.73. The van der Waals surface area contributed by atoms with Crippen molar-refractivity contribution < 1.29 is 0 Å². The van der Waals surface area contributed by atoms with Crippen LogP contribution in [0.1, 0.15) is 44.3 Å². The van der Waals surface area contributed by atoms with E-state index >= 15 is 0 Å². The number of hydrogen-bond acceptors (Lipinski definition) is 3. The molecule has 3 saturated heterocycles. The monoisotopic (exact) mass is 338 g/mol. The summed E-state index contributed by atoms with van der Waals surface area (Å²) in [5, 5.41) is 3.91. The van der Waals surface area contributed by atoms with Gasteiger partial charge in [-0.2, -0.15) is 0 Å². The van der Waals surface area contributed by atoms with E-state index in [1.165, 1.54) is 63.7 Å². The zero-order valence-corrected chi connectivity index (χ0v) is 15.1. The van der Waals surface area contributed by atoms with Gasteiger partial charge in [-0.3, -0.25) is 4.90 Å². The van der Waals surface area contributed by atoms with E-state index in [1.807, 2.05) is 0 Å². The lowest BCUT2D eigenvalue weighted by molar-refractivity contribution is -0.00857.